The second-order valence-electron chi connectivity index (χ2n) is 4.13. The largest absolute Gasteiger partial charge is 0.369 e. The van der Waals surface area contributed by atoms with Gasteiger partial charge in [-0.25, -0.2) is 13.1 Å². The van der Waals surface area contributed by atoms with Crippen LogP contribution in [-0.4, -0.2) is 20.9 Å². The van der Waals surface area contributed by atoms with Gasteiger partial charge in [-0.05, 0) is 41.2 Å². The molecule has 8 heteroatoms. The third-order valence-electron chi connectivity index (χ3n) is 2.20. The lowest BCUT2D eigenvalue weighted by molar-refractivity contribution is -0.125. The van der Waals surface area contributed by atoms with Crippen molar-refractivity contribution in [3.8, 4) is 0 Å². The van der Waals surface area contributed by atoms with E-state index in [0.717, 1.165) is 11.3 Å². The summed E-state index contributed by atoms with van der Waals surface area (Å²) in [5.41, 5.74) is 4.25. The van der Waals surface area contributed by atoms with E-state index in [9.17, 15) is 13.2 Å². The van der Waals surface area contributed by atoms with Crippen molar-refractivity contribution >= 4 is 43.2 Å². The van der Waals surface area contributed by atoms with Gasteiger partial charge in [0.2, 0.25) is 5.91 Å². The van der Waals surface area contributed by atoms with Crippen LogP contribution in [-0.2, 0) is 14.8 Å². The fourth-order valence-corrected chi connectivity index (χ4v) is 4.49. The number of primary amides is 1. The van der Waals surface area contributed by atoms with Crippen LogP contribution in [0, 0.1) is 5.41 Å². The molecule has 1 amide bonds. The van der Waals surface area contributed by atoms with E-state index < -0.39 is 21.3 Å². The number of hydrogen-bond donors (Lipinski definition) is 2. The molecule has 1 rings (SSSR count). The molecule has 0 bridgehead atoms. The van der Waals surface area contributed by atoms with Crippen LogP contribution >= 0.6 is 27.3 Å². The molecule has 0 radical (unpaired) electrons. The van der Waals surface area contributed by atoms with Crippen LogP contribution in [0.2, 0.25) is 0 Å². The smallest absolute Gasteiger partial charge is 0.251 e. The van der Waals surface area contributed by atoms with Crippen LogP contribution in [0.25, 0.3) is 0 Å². The third kappa shape index (κ3) is 3.51. The van der Waals surface area contributed by atoms with Gasteiger partial charge in [0, 0.05) is 11.0 Å². The summed E-state index contributed by atoms with van der Waals surface area (Å²) in [4.78, 5) is 11.1. The molecule has 96 valence electrons. The Bertz CT molecular complexity index is 522. The maximum atomic E-state index is 11.9. The van der Waals surface area contributed by atoms with E-state index in [-0.39, 0.29) is 10.8 Å². The minimum Gasteiger partial charge on any atom is -0.369 e. The van der Waals surface area contributed by atoms with E-state index in [1.54, 1.807) is 25.3 Å². The Morgan fingerprint density at radius 2 is 2.18 bits per heavy atom. The minimum absolute atomic E-state index is 0.0327. The lowest BCUT2D eigenvalue weighted by Crippen LogP contribution is -2.42. The second-order valence-corrected chi connectivity index (χ2v) is 7.86. The first-order chi connectivity index (χ1) is 7.67. The van der Waals surface area contributed by atoms with Crippen LogP contribution in [0.15, 0.2) is 20.1 Å². The molecule has 0 saturated carbocycles. The summed E-state index contributed by atoms with van der Waals surface area (Å²) >= 11 is 4.25. The highest BCUT2D eigenvalue weighted by Crippen LogP contribution is 2.27. The first-order valence-electron chi connectivity index (χ1n) is 4.69. The molecule has 5 nitrogen and oxygen atoms in total. The van der Waals surface area contributed by atoms with Gasteiger partial charge in [-0.15, -0.1) is 11.3 Å². The molecule has 17 heavy (non-hydrogen) atoms. The molecule has 0 saturated heterocycles. The summed E-state index contributed by atoms with van der Waals surface area (Å²) < 4.78 is 26.9. The zero-order chi connectivity index (χ0) is 13.3. The fourth-order valence-electron chi connectivity index (χ4n) is 0.900. The van der Waals surface area contributed by atoms with Crippen molar-refractivity contribution in [3.05, 3.63) is 15.9 Å². The van der Waals surface area contributed by atoms with Crippen LogP contribution in [0.1, 0.15) is 13.8 Å². The number of nitrogens with two attached hydrogens (primary N) is 1. The lowest BCUT2D eigenvalue weighted by Gasteiger charge is -2.20. The summed E-state index contributed by atoms with van der Waals surface area (Å²) in [7, 11) is -3.60. The average molecular weight is 341 g/mol. The van der Waals surface area contributed by atoms with E-state index in [1.807, 2.05) is 0 Å². The molecule has 1 heterocycles. The zero-order valence-corrected chi connectivity index (χ0v) is 12.6. The molecule has 3 N–H and O–H groups in total. The third-order valence-corrected chi connectivity index (χ3v) is 6.27. The van der Waals surface area contributed by atoms with Crippen molar-refractivity contribution in [2.75, 3.05) is 6.54 Å². The zero-order valence-electron chi connectivity index (χ0n) is 9.36. The maximum absolute atomic E-state index is 11.9. The summed E-state index contributed by atoms with van der Waals surface area (Å²) in [6, 6.07) is 1.65. The molecular weight excluding hydrogens is 328 g/mol. The number of amides is 1. The second kappa shape index (κ2) is 5.05. The first kappa shape index (κ1) is 14.6. The Morgan fingerprint density at radius 3 is 2.59 bits per heavy atom. The topological polar surface area (TPSA) is 89.3 Å². The SMILES string of the molecule is CC(C)(CNS(=O)(=O)c1sccc1Br)C(N)=O. The van der Waals surface area contributed by atoms with Crippen LogP contribution in [0.4, 0.5) is 0 Å². The number of carbonyl (C=O) groups excluding carboxylic acids is 1. The molecule has 0 aliphatic rings. The molecule has 0 aliphatic heterocycles. The van der Waals surface area contributed by atoms with Gasteiger partial charge in [0.1, 0.15) is 4.21 Å². The van der Waals surface area contributed by atoms with Crippen molar-refractivity contribution in [1.82, 2.24) is 4.72 Å². The predicted octanol–water partition coefficient (Wildman–Crippen LogP) is 1.30. The molecule has 0 atom stereocenters. The van der Waals surface area contributed by atoms with E-state index in [4.69, 9.17) is 5.73 Å². The molecule has 0 aromatic carbocycles. The van der Waals surface area contributed by atoms with Gasteiger partial charge in [0.25, 0.3) is 10.0 Å². The Hall–Kier alpha value is -0.440. The van der Waals surface area contributed by atoms with Crippen molar-refractivity contribution in [2.45, 2.75) is 18.1 Å². The van der Waals surface area contributed by atoms with E-state index in [1.165, 1.54) is 0 Å². The average Bonchev–Trinajstić information content (AvgIpc) is 2.62. The number of nitrogens with one attached hydrogen (secondary N) is 1. The molecule has 0 spiro atoms. The molecule has 0 unspecified atom stereocenters. The minimum atomic E-state index is -3.60. The van der Waals surface area contributed by atoms with Crippen LogP contribution in [0.3, 0.4) is 0 Å². The number of hydrogen-bond acceptors (Lipinski definition) is 4. The number of carbonyl (C=O) groups is 1. The van der Waals surface area contributed by atoms with Crippen molar-refractivity contribution < 1.29 is 13.2 Å². The number of rotatable bonds is 5. The molecule has 1 aromatic heterocycles. The standard InChI is InChI=1S/C9H13BrN2O3S2/c1-9(2,8(11)13)5-12-17(14,15)7-6(10)3-4-16-7/h3-4,12H,5H2,1-2H3,(H2,11,13). The van der Waals surface area contributed by atoms with Crippen molar-refractivity contribution in [2.24, 2.45) is 11.1 Å². The van der Waals surface area contributed by atoms with E-state index in [0.29, 0.717) is 4.47 Å². The molecule has 1 aromatic rings. The summed E-state index contributed by atoms with van der Waals surface area (Å²) in [5.74, 6) is -0.551. The van der Waals surface area contributed by atoms with E-state index >= 15 is 0 Å². The monoisotopic (exact) mass is 340 g/mol. The Kier molecular flexibility index (Phi) is 4.34. The van der Waals surface area contributed by atoms with E-state index in [2.05, 4.69) is 20.7 Å². The summed E-state index contributed by atoms with van der Waals surface area (Å²) in [6.07, 6.45) is 0. The van der Waals surface area contributed by atoms with Crippen molar-refractivity contribution in [3.63, 3.8) is 0 Å². The maximum Gasteiger partial charge on any atom is 0.251 e. The van der Waals surface area contributed by atoms with Crippen molar-refractivity contribution in [1.29, 1.82) is 0 Å². The van der Waals surface area contributed by atoms with Crippen LogP contribution < -0.4 is 10.5 Å². The fraction of sp³-hybridized carbons (Fsp3) is 0.444. The number of thiophene rings is 1. The highest BCUT2D eigenvalue weighted by atomic mass is 79.9. The van der Waals surface area contributed by atoms with Gasteiger partial charge in [0.15, 0.2) is 0 Å². The molecular formula is C9H13BrN2O3S2. The Morgan fingerprint density at radius 1 is 1.59 bits per heavy atom. The lowest BCUT2D eigenvalue weighted by atomic mass is 9.93. The van der Waals surface area contributed by atoms with Gasteiger partial charge in [-0.1, -0.05) is 0 Å². The number of halogens is 1. The summed E-state index contributed by atoms with van der Waals surface area (Å²) in [6.45, 7) is 3.14. The van der Waals surface area contributed by atoms with Crippen LogP contribution in [0.5, 0.6) is 0 Å². The van der Waals surface area contributed by atoms with Gasteiger partial charge < -0.3 is 5.73 Å². The quantitative estimate of drug-likeness (QED) is 0.846. The van der Waals surface area contributed by atoms with Gasteiger partial charge in [0.05, 0.1) is 5.41 Å². The van der Waals surface area contributed by atoms with Gasteiger partial charge in [-0.2, -0.15) is 0 Å². The van der Waals surface area contributed by atoms with Gasteiger partial charge in [-0.3, -0.25) is 4.79 Å². The highest BCUT2D eigenvalue weighted by Gasteiger charge is 2.28. The van der Waals surface area contributed by atoms with Gasteiger partial charge >= 0.3 is 0 Å². The number of sulfonamides is 1. The Labute approximate surface area is 113 Å². The Balaban J connectivity index is 2.83. The molecule has 0 aliphatic carbocycles. The summed E-state index contributed by atoms with van der Waals surface area (Å²) in [5, 5.41) is 1.66. The first-order valence-corrected chi connectivity index (χ1v) is 7.85. The highest BCUT2D eigenvalue weighted by molar-refractivity contribution is 9.10. The normalized spacial score (nSPS) is 12.6. The predicted molar refractivity (Wildman–Crippen MR) is 70.2 cm³/mol. The molecule has 0 fully saturated rings.